The maximum Gasteiger partial charge on any atom is 0.243 e. The van der Waals surface area contributed by atoms with Crippen molar-refractivity contribution >= 4 is 5.91 Å². The first-order chi connectivity index (χ1) is 11.1. The zero-order chi connectivity index (χ0) is 16.2. The van der Waals surface area contributed by atoms with Crippen molar-refractivity contribution in [2.75, 3.05) is 0 Å². The summed E-state index contributed by atoms with van der Waals surface area (Å²) in [5.41, 5.74) is 2.09. The van der Waals surface area contributed by atoms with Gasteiger partial charge in [0.15, 0.2) is 0 Å². The first-order valence-electron chi connectivity index (χ1n) is 8.26. The Morgan fingerprint density at radius 1 is 1.26 bits per heavy atom. The minimum absolute atomic E-state index is 0.0448. The molecule has 23 heavy (non-hydrogen) atoms. The standard InChI is InChI=1S/C17H23N5O/c1-12-7-9-14(10-8-12)17-19-21-22(20-17)11-16(23)18-15-6-4-3-5-13(15)2/h7-10,13,15H,3-6,11H2,1-2H3,(H,18,23)/t13-,15+/m1/s1. The Bertz CT molecular complexity index is 664. The molecule has 2 aromatic rings. The Labute approximate surface area is 136 Å². The van der Waals surface area contributed by atoms with Gasteiger partial charge in [-0.3, -0.25) is 4.79 Å². The number of hydrogen-bond donors (Lipinski definition) is 1. The Morgan fingerprint density at radius 3 is 2.74 bits per heavy atom. The molecule has 1 aliphatic rings. The summed E-state index contributed by atoms with van der Waals surface area (Å²) in [6.45, 7) is 4.35. The van der Waals surface area contributed by atoms with Crippen molar-refractivity contribution in [2.24, 2.45) is 5.92 Å². The number of nitrogens with zero attached hydrogens (tertiary/aromatic N) is 4. The number of carbonyl (C=O) groups excluding carboxylic acids is 1. The fraction of sp³-hybridized carbons (Fsp3) is 0.529. The van der Waals surface area contributed by atoms with Crippen LogP contribution in [0.2, 0.25) is 0 Å². The van der Waals surface area contributed by atoms with E-state index in [4.69, 9.17) is 0 Å². The summed E-state index contributed by atoms with van der Waals surface area (Å²) >= 11 is 0. The predicted octanol–water partition coefficient (Wildman–Crippen LogP) is 2.34. The van der Waals surface area contributed by atoms with Gasteiger partial charge in [-0.15, -0.1) is 10.2 Å². The van der Waals surface area contributed by atoms with Crippen LogP contribution < -0.4 is 5.32 Å². The average molecular weight is 313 g/mol. The summed E-state index contributed by atoms with van der Waals surface area (Å²) in [6.07, 6.45) is 4.70. The number of aryl methyl sites for hydroxylation is 1. The molecule has 0 saturated heterocycles. The van der Waals surface area contributed by atoms with E-state index in [1.807, 2.05) is 31.2 Å². The van der Waals surface area contributed by atoms with Gasteiger partial charge in [-0.05, 0) is 30.9 Å². The second-order valence-corrected chi connectivity index (χ2v) is 6.45. The van der Waals surface area contributed by atoms with E-state index in [1.54, 1.807) is 0 Å². The van der Waals surface area contributed by atoms with Crippen molar-refractivity contribution in [2.45, 2.75) is 52.1 Å². The van der Waals surface area contributed by atoms with Crippen molar-refractivity contribution in [1.82, 2.24) is 25.5 Å². The third kappa shape index (κ3) is 3.94. The van der Waals surface area contributed by atoms with Crippen molar-refractivity contribution in [1.29, 1.82) is 0 Å². The lowest BCUT2D eigenvalue weighted by molar-refractivity contribution is -0.123. The van der Waals surface area contributed by atoms with E-state index < -0.39 is 0 Å². The highest BCUT2D eigenvalue weighted by Gasteiger charge is 2.23. The van der Waals surface area contributed by atoms with Crippen LogP contribution in [0.15, 0.2) is 24.3 Å². The molecule has 1 aromatic heterocycles. The molecular formula is C17H23N5O. The van der Waals surface area contributed by atoms with E-state index in [-0.39, 0.29) is 18.5 Å². The quantitative estimate of drug-likeness (QED) is 0.940. The molecule has 0 aliphatic heterocycles. The Hall–Kier alpha value is -2.24. The molecule has 1 heterocycles. The highest BCUT2D eigenvalue weighted by Crippen LogP contribution is 2.23. The lowest BCUT2D eigenvalue weighted by Gasteiger charge is -2.29. The third-order valence-electron chi connectivity index (χ3n) is 4.51. The van der Waals surface area contributed by atoms with Crippen LogP contribution in [0.5, 0.6) is 0 Å². The van der Waals surface area contributed by atoms with Gasteiger partial charge in [0, 0.05) is 11.6 Å². The molecule has 1 aliphatic carbocycles. The normalized spacial score (nSPS) is 21.1. The van der Waals surface area contributed by atoms with Gasteiger partial charge < -0.3 is 5.32 Å². The molecule has 0 radical (unpaired) electrons. The zero-order valence-corrected chi connectivity index (χ0v) is 13.7. The number of rotatable bonds is 4. The maximum atomic E-state index is 12.2. The van der Waals surface area contributed by atoms with Gasteiger partial charge in [0.25, 0.3) is 0 Å². The number of nitrogens with one attached hydrogen (secondary N) is 1. The van der Waals surface area contributed by atoms with E-state index in [9.17, 15) is 4.79 Å². The van der Waals surface area contributed by atoms with Crippen LogP contribution >= 0.6 is 0 Å². The summed E-state index contributed by atoms with van der Waals surface area (Å²) in [5.74, 6) is 1.04. The molecule has 6 heteroatoms. The van der Waals surface area contributed by atoms with E-state index in [0.29, 0.717) is 11.7 Å². The van der Waals surface area contributed by atoms with Crippen molar-refractivity contribution < 1.29 is 4.79 Å². The van der Waals surface area contributed by atoms with Crippen molar-refractivity contribution in [3.8, 4) is 11.4 Å². The highest BCUT2D eigenvalue weighted by atomic mass is 16.2. The SMILES string of the molecule is Cc1ccc(-c2nnn(CC(=O)N[C@H]3CCCC[C@H]3C)n2)cc1. The summed E-state index contributed by atoms with van der Waals surface area (Å²) < 4.78 is 0. The smallest absolute Gasteiger partial charge is 0.243 e. The molecule has 1 aromatic carbocycles. The van der Waals surface area contributed by atoms with Crippen LogP contribution in [0.1, 0.15) is 38.2 Å². The fourth-order valence-corrected chi connectivity index (χ4v) is 3.04. The zero-order valence-electron chi connectivity index (χ0n) is 13.7. The van der Waals surface area contributed by atoms with Crippen LogP contribution in [-0.2, 0) is 11.3 Å². The van der Waals surface area contributed by atoms with Gasteiger partial charge in [0.2, 0.25) is 11.7 Å². The number of tetrazole rings is 1. The van der Waals surface area contributed by atoms with Gasteiger partial charge in [0.1, 0.15) is 6.54 Å². The van der Waals surface area contributed by atoms with Crippen molar-refractivity contribution in [3.05, 3.63) is 29.8 Å². The molecule has 0 spiro atoms. The second kappa shape index (κ2) is 6.89. The van der Waals surface area contributed by atoms with E-state index in [2.05, 4.69) is 27.7 Å². The number of hydrogen-bond acceptors (Lipinski definition) is 4. The number of carbonyl (C=O) groups is 1. The molecule has 6 nitrogen and oxygen atoms in total. The maximum absolute atomic E-state index is 12.2. The molecule has 1 N–H and O–H groups in total. The lowest BCUT2D eigenvalue weighted by atomic mass is 9.86. The van der Waals surface area contributed by atoms with Crippen LogP contribution in [0.4, 0.5) is 0 Å². The van der Waals surface area contributed by atoms with Gasteiger partial charge in [-0.1, -0.05) is 49.6 Å². The Balaban J connectivity index is 1.60. The van der Waals surface area contributed by atoms with Crippen LogP contribution in [-0.4, -0.2) is 32.2 Å². The first-order valence-corrected chi connectivity index (χ1v) is 8.26. The third-order valence-corrected chi connectivity index (χ3v) is 4.51. The Kier molecular flexibility index (Phi) is 4.69. The molecule has 2 atom stereocenters. The van der Waals surface area contributed by atoms with Crippen LogP contribution in [0.25, 0.3) is 11.4 Å². The molecule has 1 saturated carbocycles. The molecule has 1 amide bonds. The fourth-order valence-electron chi connectivity index (χ4n) is 3.04. The largest absolute Gasteiger partial charge is 0.351 e. The molecule has 3 rings (SSSR count). The van der Waals surface area contributed by atoms with E-state index in [0.717, 1.165) is 12.0 Å². The van der Waals surface area contributed by atoms with Gasteiger partial charge in [-0.2, -0.15) is 4.80 Å². The second-order valence-electron chi connectivity index (χ2n) is 6.45. The predicted molar refractivity (Wildman–Crippen MR) is 87.6 cm³/mol. The Morgan fingerprint density at radius 2 is 2.00 bits per heavy atom. The van der Waals surface area contributed by atoms with E-state index in [1.165, 1.54) is 29.6 Å². The minimum Gasteiger partial charge on any atom is -0.351 e. The summed E-state index contributed by atoms with van der Waals surface area (Å²) in [6, 6.07) is 8.21. The first kappa shape index (κ1) is 15.6. The molecular weight excluding hydrogens is 290 g/mol. The molecule has 1 fully saturated rings. The van der Waals surface area contributed by atoms with Crippen molar-refractivity contribution in [3.63, 3.8) is 0 Å². The topological polar surface area (TPSA) is 72.7 Å². The van der Waals surface area contributed by atoms with E-state index >= 15 is 0 Å². The van der Waals surface area contributed by atoms with Gasteiger partial charge in [0.05, 0.1) is 0 Å². The summed E-state index contributed by atoms with van der Waals surface area (Å²) in [4.78, 5) is 13.5. The number of amides is 1. The number of aromatic nitrogens is 4. The minimum atomic E-state index is -0.0448. The highest BCUT2D eigenvalue weighted by molar-refractivity contribution is 5.75. The lowest BCUT2D eigenvalue weighted by Crippen LogP contribution is -2.42. The van der Waals surface area contributed by atoms with Crippen LogP contribution in [0.3, 0.4) is 0 Å². The monoisotopic (exact) mass is 313 g/mol. The summed E-state index contributed by atoms with van der Waals surface area (Å²) in [7, 11) is 0. The van der Waals surface area contributed by atoms with Crippen LogP contribution in [0, 0.1) is 12.8 Å². The molecule has 0 bridgehead atoms. The molecule has 122 valence electrons. The molecule has 0 unspecified atom stereocenters. The average Bonchev–Trinajstić information content (AvgIpc) is 2.98. The van der Waals surface area contributed by atoms with Gasteiger partial charge >= 0.3 is 0 Å². The number of benzene rings is 1. The summed E-state index contributed by atoms with van der Waals surface area (Å²) in [5, 5.41) is 15.4. The van der Waals surface area contributed by atoms with Gasteiger partial charge in [-0.25, -0.2) is 0 Å².